The quantitative estimate of drug-likeness (QED) is 0.579. The lowest BCUT2D eigenvalue weighted by molar-refractivity contribution is -0.142. The summed E-state index contributed by atoms with van der Waals surface area (Å²) in [5.41, 5.74) is 2.20. The Bertz CT molecular complexity index is 849. The molecule has 26 heavy (non-hydrogen) atoms. The first-order chi connectivity index (χ1) is 12.4. The van der Waals surface area contributed by atoms with Gasteiger partial charge in [0.05, 0.1) is 17.2 Å². The van der Waals surface area contributed by atoms with Crippen LogP contribution in [0.2, 0.25) is 10.0 Å². The number of amides is 1. The van der Waals surface area contributed by atoms with Crippen molar-refractivity contribution in [3.63, 3.8) is 0 Å². The number of halogens is 2. The number of hydrogen-bond donors (Lipinski definition) is 1. The molecule has 1 N–H and O–H groups in total. The van der Waals surface area contributed by atoms with Gasteiger partial charge in [-0.3, -0.25) is 4.79 Å². The van der Waals surface area contributed by atoms with E-state index < -0.39 is 5.97 Å². The van der Waals surface area contributed by atoms with Crippen molar-refractivity contribution in [3.05, 3.63) is 63.6 Å². The molecule has 0 aliphatic carbocycles. The first-order valence-electron chi connectivity index (χ1n) is 7.63. The first kappa shape index (κ1) is 19.8. The first-order valence-corrected chi connectivity index (χ1v) is 8.39. The highest BCUT2D eigenvalue weighted by atomic mass is 35.5. The normalized spacial score (nSPS) is 10.6. The van der Waals surface area contributed by atoms with Gasteiger partial charge in [-0.2, -0.15) is 0 Å². The second-order valence-electron chi connectivity index (χ2n) is 5.34. The van der Waals surface area contributed by atoms with Gasteiger partial charge in [0.1, 0.15) is 5.75 Å². The van der Waals surface area contributed by atoms with Crippen molar-refractivity contribution >= 4 is 46.8 Å². The minimum Gasteiger partial charge on any atom is -0.482 e. The number of carbonyl (C=O) groups is 2. The Hall–Kier alpha value is -2.50. The van der Waals surface area contributed by atoms with Gasteiger partial charge in [-0.1, -0.05) is 29.3 Å². The summed E-state index contributed by atoms with van der Waals surface area (Å²) >= 11 is 11.8. The Morgan fingerprint density at radius 1 is 1.12 bits per heavy atom. The number of aryl methyl sites for hydroxylation is 1. The van der Waals surface area contributed by atoms with Gasteiger partial charge in [0.2, 0.25) is 5.91 Å². The molecule has 0 spiro atoms. The van der Waals surface area contributed by atoms with E-state index in [4.69, 9.17) is 27.9 Å². The van der Waals surface area contributed by atoms with Crippen molar-refractivity contribution in [2.24, 2.45) is 0 Å². The van der Waals surface area contributed by atoms with E-state index in [0.29, 0.717) is 21.5 Å². The highest BCUT2D eigenvalue weighted by Crippen LogP contribution is 2.24. The maximum atomic E-state index is 12.1. The molecule has 0 heterocycles. The molecule has 2 aromatic carbocycles. The summed E-state index contributed by atoms with van der Waals surface area (Å²) < 4.78 is 9.81. The molecule has 0 aliphatic rings. The third-order valence-corrected chi connectivity index (χ3v) is 4.15. The van der Waals surface area contributed by atoms with Crippen LogP contribution in [0.5, 0.6) is 5.75 Å². The molecule has 7 heteroatoms. The van der Waals surface area contributed by atoms with Crippen molar-refractivity contribution in [2.75, 3.05) is 19.0 Å². The van der Waals surface area contributed by atoms with E-state index in [0.717, 1.165) is 11.1 Å². The molecule has 0 aliphatic heterocycles. The molecule has 0 fully saturated rings. The van der Waals surface area contributed by atoms with Crippen molar-refractivity contribution in [2.45, 2.75) is 6.92 Å². The zero-order valence-electron chi connectivity index (χ0n) is 14.2. The van der Waals surface area contributed by atoms with E-state index in [1.54, 1.807) is 42.5 Å². The van der Waals surface area contributed by atoms with Crippen LogP contribution < -0.4 is 10.1 Å². The highest BCUT2D eigenvalue weighted by molar-refractivity contribution is 6.42. The number of esters is 1. The summed E-state index contributed by atoms with van der Waals surface area (Å²) in [5.74, 6) is -0.243. The summed E-state index contributed by atoms with van der Waals surface area (Å²) in [4.78, 5) is 23.2. The number of ether oxygens (including phenoxy) is 2. The maximum Gasteiger partial charge on any atom is 0.343 e. The smallest absolute Gasteiger partial charge is 0.343 e. The number of nitrogens with one attached hydrogen (secondary N) is 1. The molecule has 136 valence electrons. The minimum absolute atomic E-state index is 0.173. The van der Waals surface area contributed by atoms with Gasteiger partial charge in [-0.05, 0) is 54.5 Å². The van der Waals surface area contributed by atoms with Crippen molar-refractivity contribution in [1.82, 2.24) is 0 Å². The number of methoxy groups -OCH3 is 1. The summed E-state index contributed by atoms with van der Waals surface area (Å²) in [5, 5.41) is 3.66. The highest BCUT2D eigenvalue weighted by Gasteiger charge is 2.06. The van der Waals surface area contributed by atoms with Gasteiger partial charge in [-0.25, -0.2) is 4.79 Å². The van der Waals surface area contributed by atoms with Crippen LogP contribution in [0, 0.1) is 6.92 Å². The summed E-state index contributed by atoms with van der Waals surface area (Å²) in [6.07, 6.45) is 3.04. The predicted octanol–water partition coefficient (Wildman–Crippen LogP) is 4.51. The minimum atomic E-state index is -0.465. The molecule has 0 saturated heterocycles. The standard InChI is InChI=1S/C19H17Cl2NO4/c1-12-9-14(26-11-19(24)25-2)5-7-17(12)22-18(23)8-4-13-3-6-15(20)16(21)10-13/h3-10H,11H2,1-2H3,(H,22,23). The largest absolute Gasteiger partial charge is 0.482 e. The van der Waals surface area contributed by atoms with E-state index >= 15 is 0 Å². The molecular formula is C19H17Cl2NO4. The number of rotatable bonds is 6. The zero-order valence-corrected chi connectivity index (χ0v) is 15.7. The van der Waals surface area contributed by atoms with Crippen molar-refractivity contribution in [1.29, 1.82) is 0 Å². The number of carbonyl (C=O) groups excluding carboxylic acids is 2. The monoisotopic (exact) mass is 393 g/mol. The van der Waals surface area contributed by atoms with Crippen molar-refractivity contribution in [3.8, 4) is 5.75 Å². The Kier molecular flexibility index (Phi) is 7.06. The van der Waals surface area contributed by atoms with Crippen LogP contribution in [-0.2, 0) is 14.3 Å². The molecule has 5 nitrogen and oxygen atoms in total. The SMILES string of the molecule is COC(=O)COc1ccc(NC(=O)C=Cc2ccc(Cl)c(Cl)c2)c(C)c1. The zero-order chi connectivity index (χ0) is 19.1. The third kappa shape index (κ3) is 5.79. The van der Waals surface area contributed by atoms with Crippen LogP contribution in [-0.4, -0.2) is 25.6 Å². The maximum absolute atomic E-state index is 12.1. The molecule has 0 radical (unpaired) electrons. The molecule has 2 aromatic rings. The van der Waals surface area contributed by atoms with Crippen LogP contribution in [0.15, 0.2) is 42.5 Å². The van der Waals surface area contributed by atoms with Crippen LogP contribution >= 0.6 is 23.2 Å². The molecule has 0 atom stereocenters. The molecule has 2 rings (SSSR count). The van der Waals surface area contributed by atoms with Gasteiger partial charge < -0.3 is 14.8 Å². The Morgan fingerprint density at radius 3 is 2.54 bits per heavy atom. The van der Waals surface area contributed by atoms with Crippen molar-refractivity contribution < 1.29 is 19.1 Å². The van der Waals surface area contributed by atoms with Gasteiger partial charge in [0, 0.05) is 11.8 Å². The lowest BCUT2D eigenvalue weighted by Gasteiger charge is -2.10. The molecule has 1 amide bonds. The number of hydrogen-bond acceptors (Lipinski definition) is 4. The number of benzene rings is 2. The molecule has 0 unspecified atom stereocenters. The predicted molar refractivity (Wildman–Crippen MR) is 103 cm³/mol. The van der Waals surface area contributed by atoms with Crippen LogP contribution in [0.3, 0.4) is 0 Å². The Balaban J connectivity index is 1.98. The molecule has 0 bridgehead atoms. The van der Waals surface area contributed by atoms with Crippen LogP contribution in [0.25, 0.3) is 6.08 Å². The van der Waals surface area contributed by atoms with Gasteiger partial charge in [0.25, 0.3) is 0 Å². The van der Waals surface area contributed by atoms with Crippen LogP contribution in [0.1, 0.15) is 11.1 Å². The fourth-order valence-corrected chi connectivity index (χ4v) is 2.34. The van der Waals surface area contributed by atoms with E-state index in [9.17, 15) is 9.59 Å². The Morgan fingerprint density at radius 2 is 1.88 bits per heavy atom. The third-order valence-electron chi connectivity index (χ3n) is 3.41. The second-order valence-corrected chi connectivity index (χ2v) is 6.15. The fraction of sp³-hybridized carbons (Fsp3) is 0.158. The molecule has 0 aromatic heterocycles. The lowest BCUT2D eigenvalue weighted by atomic mass is 10.2. The second kappa shape index (κ2) is 9.27. The van der Waals surface area contributed by atoms with Gasteiger partial charge in [-0.15, -0.1) is 0 Å². The summed E-state index contributed by atoms with van der Waals surface area (Å²) in [7, 11) is 1.29. The summed E-state index contributed by atoms with van der Waals surface area (Å²) in [6, 6.07) is 10.2. The average Bonchev–Trinajstić information content (AvgIpc) is 2.62. The fourth-order valence-electron chi connectivity index (χ4n) is 2.03. The van der Waals surface area contributed by atoms with E-state index in [-0.39, 0.29) is 12.5 Å². The van der Waals surface area contributed by atoms with E-state index in [1.165, 1.54) is 13.2 Å². The lowest BCUT2D eigenvalue weighted by Crippen LogP contribution is -2.13. The molecular weight excluding hydrogens is 377 g/mol. The van der Waals surface area contributed by atoms with E-state index in [1.807, 2.05) is 6.92 Å². The van der Waals surface area contributed by atoms with Gasteiger partial charge in [0.15, 0.2) is 6.61 Å². The Labute approximate surface area is 161 Å². The number of anilines is 1. The topological polar surface area (TPSA) is 64.6 Å². The van der Waals surface area contributed by atoms with E-state index in [2.05, 4.69) is 10.1 Å². The summed E-state index contributed by atoms with van der Waals surface area (Å²) in [6.45, 7) is 1.65. The van der Waals surface area contributed by atoms with Crippen LogP contribution in [0.4, 0.5) is 5.69 Å². The average molecular weight is 394 g/mol. The molecule has 0 saturated carbocycles. The van der Waals surface area contributed by atoms with Gasteiger partial charge >= 0.3 is 5.97 Å².